The van der Waals surface area contributed by atoms with E-state index in [0.717, 1.165) is 29.7 Å². The van der Waals surface area contributed by atoms with Crippen molar-refractivity contribution in [3.05, 3.63) is 16.1 Å². The van der Waals surface area contributed by atoms with Gasteiger partial charge in [0, 0.05) is 16.3 Å². The first-order valence-electron chi connectivity index (χ1n) is 5.16. The number of amidine groups is 1. The Kier molecular flexibility index (Phi) is 3.64. The van der Waals surface area contributed by atoms with Crippen molar-refractivity contribution in [2.75, 3.05) is 6.54 Å². The van der Waals surface area contributed by atoms with Crippen LogP contribution in [0.3, 0.4) is 0 Å². The average Bonchev–Trinajstić information content (AvgIpc) is 2.83. The van der Waals surface area contributed by atoms with Crippen molar-refractivity contribution in [3.8, 4) is 0 Å². The molecule has 0 bridgehead atoms. The highest BCUT2D eigenvalue weighted by Crippen LogP contribution is 2.19. The average molecular weight is 241 g/mol. The van der Waals surface area contributed by atoms with E-state index in [0.29, 0.717) is 5.25 Å². The minimum Gasteiger partial charge on any atom is -0.358 e. The Bertz CT molecular complexity index is 359. The predicted molar refractivity (Wildman–Crippen MR) is 67.7 cm³/mol. The maximum atomic E-state index is 4.40. The smallest absolute Gasteiger partial charge is 0.157 e. The van der Waals surface area contributed by atoms with Crippen molar-refractivity contribution in [1.29, 1.82) is 0 Å². The first-order valence-corrected chi connectivity index (χ1v) is 6.86. The maximum Gasteiger partial charge on any atom is 0.157 e. The highest BCUT2D eigenvalue weighted by atomic mass is 32.2. The molecule has 1 aliphatic heterocycles. The SMILES string of the molecule is CCc1cnc(CNC2=NCC(C)S2)s1. The van der Waals surface area contributed by atoms with E-state index in [1.54, 1.807) is 11.3 Å². The third-order valence-corrected chi connectivity index (χ3v) is 4.34. The van der Waals surface area contributed by atoms with Gasteiger partial charge in [-0.2, -0.15) is 0 Å². The van der Waals surface area contributed by atoms with Gasteiger partial charge in [-0.25, -0.2) is 4.98 Å². The summed E-state index contributed by atoms with van der Waals surface area (Å²) >= 11 is 3.59. The summed E-state index contributed by atoms with van der Waals surface area (Å²) in [6.45, 7) is 6.10. The lowest BCUT2D eigenvalue weighted by Gasteiger charge is -2.02. The fourth-order valence-electron chi connectivity index (χ4n) is 1.32. The molecule has 5 heteroatoms. The summed E-state index contributed by atoms with van der Waals surface area (Å²) in [4.78, 5) is 10.1. The molecule has 0 aliphatic carbocycles. The second-order valence-corrected chi connectivity index (χ2v) is 6.13. The summed E-state index contributed by atoms with van der Waals surface area (Å²) in [6.07, 6.45) is 3.04. The van der Waals surface area contributed by atoms with Crippen molar-refractivity contribution in [3.63, 3.8) is 0 Å². The Morgan fingerprint density at radius 3 is 3.07 bits per heavy atom. The molecule has 2 heterocycles. The van der Waals surface area contributed by atoms with Crippen molar-refractivity contribution >= 4 is 28.3 Å². The molecule has 1 aromatic rings. The second kappa shape index (κ2) is 4.99. The monoisotopic (exact) mass is 241 g/mol. The quantitative estimate of drug-likeness (QED) is 0.882. The molecule has 0 saturated carbocycles. The van der Waals surface area contributed by atoms with Gasteiger partial charge in [-0.05, 0) is 6.42 Å². The van der Waals surface area contributed by atoms with E-state index >= 15 is 0 Å². The molecule has 1 aliphatic rings. The van der Waals surface area contributed by atoms with Crippen LogP contribution in [-0.4, -0.2) is 21.9 Å². The minimum atomic E-state index is 0.620. The van der Waals surface area contributed by atoms with E-state index in [4.69, 9.17) is 0 Å². The van der Waals surface area contributed by atoms with Crippen LogP contribution in [-0.2, 0) is 13.0 Å². The lowest BCUT2D eigenvalue weighted by atomic mass is 10.4. The van der Waals surface area contributed by atoms with Crippen LogP contribution < -0.4 is 5.32 Å². The standard InChI is InChI=1S/C10H15N3S2/c1-3-8-5-11-9(15-8)6-13-10-12-4-7(2)14-10/h5,7H,3-4,6H2,1-2H3,(H,12,13). The molecule has 3 nitrogen and oxygen atoms in total. The number of thiazole rings is 1. The fraction of sp³-hybridized carbons (Fsp3) is 0.600. The summed E-state index contributed by atoms with van der Waals surface area (Å²) in [6, 6.07) is 0. The molecule has 1 unspecified atom stereocenters. The molecule has 0 amide bonds. The van der Waals surface area contributed by atoms with Gasteiger partial charge in [0.05, 0.1) is 13.1 Å². The number of nitrogens with zero attached hydrogens (tertiary/aromatic N) is 2. The van der Waals surface area contributed by atoms with E-state index in [9.17, 15) is 0 Å². The third kappa shape index (κ3) is 2.95. The van der Waals surface area contributed by atoms with Gasteiger partial charge in [0.25, 0.3) is 0 Å². The van der Waals surface area contributed by atoms with Gasteiger partial charge in [-0.1, -0.05) is 25.6 Å². The van der Waals surface area contributed by atoms with E-state index in [1.807, 2.05) is 18.0 Å². The normalized spacial score (nSPS) is 20.4. The van der Waals surface area contributed by atoms with E-state index in [1.165, 1.54) is 4.88 Å². The number of rotatable bonds is 3. The highest BCUT2D eigenvalue weighted by molar-refractivity contribution is 8.14. The number of hydrogen-bond donors (Lipinski definition) is 1. The summed E-state index contributed by atoms with van der Waals surface area (Å²) in [5.74, 6) is 0. The zero-order valence-electron chi connectivity index (χ0n) is 8.99. The first-order chi connectivity index (χ1) is 7.28. The van der Waals surface area contributed by atoms with Crippen LogP contribution in [0.4, 0.5) is 0 Å². The fourth-order valence-corrected chi connectivity index (χ4v) is 2.96. The molecule has 0 radical (unpaired) electrons. The van der Waals surface area contributed by atoms with Gasteiger partial charge in [0.2, 0.25) is 0 Å². The molecule has 0 fully saturated rings. The Morgan fingerprint density at radius 2 is 2.47 bits per heavy atom. The molecule has 82 valence electrons. The van der Waals surface area contributed by atoms with Crippen LogP contribution in [0.15, 0.2) is 11.2 Å². The zero-order valence-corrected chi connectivity index (χ0v) is 10.6. The number of thioether (sulfide) groups is 1. The summed E-state index contributed by atoms with van der Waals surface area (Å²) < 4.78 is 0. The van der Waals surface area contributed by atoms with Crippen LogP contribution in [0.1, 0.15) is 23.7 Å². The topological polar surface area (TPSA) is 37.3 Å². The maximum absolute atomic E-state index is 4.40. The minimum absolute atomic E-state index is 0.620. The molecule has 15 heavy (non-hydrogen) atoms. The largest absolute Gasteiger partial charge is 0.358 e. The summed E-state index contributed by atoms with van der Waals surface area (Å²) in [5.41, 5.74) is 0. The van der Waals surface area contributed by atoms with Gasteiger partial charge >= 0.3 is 0 Å². The first kappa shape index (κ1) is 11.0. The van der Waals surface area contributed by atoms with Gasteiger partial charge in [0.1, 0.15) is 5.01 Å². The Balaban J connectivity index is 1.83. The van der Waals surface area contributed by atoms with Crippen molar-refractivity contribution in [1.82, 2.24) is 10.3 Å². The Labute approximate surface area is 98.4 Å². The molecule has 1 aromatic heterocycles. The van der Waals surface area contributed by atoms with E-state index in [2.05, 4.69) is 29.1 Å². The van der Waals surface area contributed by atoms with Crippen molar-refractivity contribution in [2.45, 2.75) is 32.1 Å². The predicted octanol–water partition coefficient (Wildman–Crippen LogP) is 2.29. The number of nitrogens with one attached hydrogen (secondary N) is 1. The molecule has 0 aromatic carbocycles. The molecule has 0 saturated heterocycles. The molecule has 1 N–H and O–H groups in total. The van der Waals surface area contributed by atoms with Crippen LogP contribution in [0, 0.1) is 0 Å². The van der Waals surface area contributed by atoms with E-state index < -0.39 is 0 Å². The number of hydrogen-bond acceptors (Lipinski definition) is 5. The molecule has 2 rings (SSSR count). The number of aliphatic imine (C=N–C) groups is 1. The second-order valence-electron chi connectivity index (χ2n) is 3.50. The van der Waals surface area contributed by atoms with Crippen LogP contribution in [0.5, 0.6) is 0 Å². The van der Waals surface area contributed by atoms with Gasteiger partial charge in [-0.3, -0.25) is 4.99 Å². The van der Waals surface area contributed by atoms with Crippen LogP contribution >= 0.6 is 23.1 Å². The lowest BCUT2D eigenvalue weighted by molar-refractivity contribution is 0.902. The summed E-state index contributed by atoms with van der Waals surface area (Å²) in [5, 5.41) is 6.16. The number of aromatic nitrogens is 1. The highest BCUT2D eigenvalue weighted by Gasteiger charge is 2.14. The third-order valence-electron chi connectivity index (χ3n) is 2.15. The van der Waals surface area contributed by atoms with Crippen LogP contribution in [0.25, 0.3) is 0 Å². The molecular formula is C10H15N3S2. The van der Waals surface area contributed by atoms with Gasteiger partial charge in [0.15, 0.2) is 5.17 Å². The molecule has 0 spiro atoms. The summed E-state index contributed by atoms with van der Waals surface area (Å²) in [7, 11) is 0. The number of aryl methyl sites for hydroxylation is 1. The molecular weight excluding hydrogens is 226 g/mol. The zero-order chi connectivity index (χ0) is 10.7. The van der Waals surface area contributed by atoms with E-state index in [-0.39, 0.29) is 0 Å². The molecule has 1 atom stereocenters. The van der Waals surface area contributed by atoms with Crippen molar-refractivity contribution < 1.29 is 0 Å². The van der Waals surface area contributed by atoms with Crippen molar-refractivity contribution in [2.24, 2.45) is 4.99 Å². The lowest BCUT2D eigenvalue weighted by Crippen LogP contribution is -2.18. The van der Waals surface area contributed by atoms with Gasteiger partial charge < -0.3 is 5.32 Å². The van der Waals surface area contributed by atoms with Crippen LogP contribution in [0.2, 0.25) is 0 Å². The van der Waals surface area contributed by atoms with Gasteiger partial charge in [-0.15, -0.1) is 11.3 Å². The Morgan fingerprint density at radius 1 is 1.60 bits per heavy atom. The Hall–Kier alpha value is -0.550.